The van der Waals surface area contributed by atoms with E-state index >= 15 is 0 Å². The van der Waals surface area contributed by atoms with Crippen LogP contribution in [0.2, 0.25) is 0 Å². The molecule has 9 nitrogen and oxygen atoms in total. The molecule has 0 amide bonds. The minimum absolute atomic E-state index is 0.0799. The van der Waals surface area contributed by atoms with Gasteiger partial charge in [-0.1, -0.05) is 6.92 Å². The summed E-state index contributed by atoms with van der Waals surface area (Å²) < 4.78 is 27.2. The summed E-state index contributed by atoms with van der Waals surface area (Å²) in [7, 11) is -3.53. The summed E-state index contributed by atoms with van der Waals surface area (Å²) in [6.45, 7) is 6.55. The van der Waals surface area contributed by atoms with Crippen LogP contribution in [0.5, 0.6) is 6.01 Å². The van der Waals surface area contributed by atoms with Crippen LogP contribution < -0.4 is 20.5 Å². The molecule has 10 heteroatoms. The first-order valence-electron chi connectivity index (χ1n) is 6.71. The van der Waals surface area contributed by atoms with Gasteiger partial charge in [-0.2, -0.15) is 15.0 Å². The lowest BCUT2D eigenvalue weighted by Crippen LogP contribution is -2.23. The Hall–Kier alpha value is -1.68. The van der Waals surface area contributed by atoms with Crippen LogP contribution in [-0.2, 0) is 10.0 Å². The number of anilines is 2. The highest BCUT2D eigenvalue weighted by Gasteiger charge is 2.09. The first-order valence-corrected chi connectivity index (χ1v) is 8.42. The Morgan fingerprint density at radius 3 is 2.19 bits per heavy atom. The molecule has 0 aliphatic rings. The second-order valence-corrected chi connectivity index (χ2v) is 6.39. The van der Waals surface area contributed by atoms with Crippen molar-refractivity contribution in [2.45, 2.75) is 33.3 Å². The summed E-state index contributed by atoms with van der Waals surface area (Å²) in [4.78, 5) is 12.3. The molecule has 1 rings (SSSR count). The summed E-state index contributed by atoms with van der Waals surface area (Å²) in [5.41, 5.74) is 0. The van der Waals surface area contributed by atoms with Crippen LogP contribution >= 0.6 is 0 Å². The van der Waals surface area contributed by atoms with Crippen molar-refractivity contribution in [3.8, 4) is 6.01 Å². The lowest BCUT2D eigenvalue weighted by Gasteiger charge is -2.11. The van der Waals surface area contributed by atoms with Gasteiger partial charge in [0, 0.05) is 13.1 Å². The van der Waals surface area contributed by atoms with Gasteiger partial charge in [0.1, 0.15) is 0 Å². The number of nitrogens with zero attached hydrogens (tertiary/aromatic N) is 3. The first-order chi connectivity index (χ1) is 9.80. The molecule has 0 spiro atoms. The third-order valence-electron chi connectivity index (χ3n) is 2.16. The van der Waals surface area contributed by atoms with Crippen LogP contribution in [0.1, 0.15) is 27.2 Å². The highest BCUT2D eigenvalue weighted by Crippen LogP contribution is 2.12. The quantitative estimate of drug-likeness (QED) is 0.587. The van der Waals surface area contributed by atoms with Gasteiger partial charge in [-0.05, 0) is 20.3 Å². The molecule has 0 unspecified atom stereocenters. The molecule has 1 heterocycles. The number of hydrogen-bond acceptors (Lipinski definition) is 8. The van der Waals surface area contributed by atoms with Gasteiger partial charge in [0.05, 0.1) is 11.9 Å². The van der Waals surface area contributed by atoms with E-state index in [1.165, 1.54) is 0 Å². The highest BCUT2D eigenvalue weighted by molar-refractivity contribution is 7.89. The molecule has 0 saturated carbocycles. The number of rotatable bonds is 9. The summed E-state index contributed by atoms with van der Waals surface area (Å²) in [5, 5.41) is 10.8. The molecular formula is C11H22N6O3S. The minimum atomic E-state index is -3.53. The normalized spacial score (nSPS) is 11.5. The second-order valence-electron chi connectivity index (χ2n) is 4.65. The molecule has 0 aromatic carbocycles. The van der Waals surface area contributed by atoms with Crippen molar-refractivity contribution in [1.29, 1.82) is 0 Å². The maximum Gasteiger partial charge on any atom is 0.323 e. The summed E-state index contributed by atoms with van der Waals surface area (Å²) in [6, 6.07) is 0.178. The van der Waals surface area contributed by atoms with Crippen LogP contribution in [0.3, 0.4) is 0 Å². The number of ether oxygens (including phenoxy) is 1. The molecule has 0 radical (unpaired) electrons. The average molecular weight is 318 g/mol. The molecule has 4 N–H and O–H groups in total. The predicted octanol–water partition coefficient (Wildman–Crippen LogP) is 0.181. The van der Waals surface area contributed by atoms with Gasteiger partial charge in [0.15, 0.2) is 0 Å². The molecule has 0 aliphatic heterocycles. The van der Waals surface area contributed by atoms with E-state index in [2.05, 4.69) is 25.6 Å². The maximum atomic E-state index is 10.9. The molecular weight excluding hydrogens is 296 g/mol. The predicted molar refractivity (Wildman–Crippen MR) is 80.8 cm³/mol. The zero-order valence-corrected chi connectivity index (χ0v) is 13.3. The molecule has 1 aromatic heterocycles. The average Bonchev–Trinajstić information content (AvgIpc) is 2.33. The van der Waals surface area contributed by atoms with Crippen molar-refractivity contribution < 1.29 is 13.2 Å². The van der Waals surface area contributed by atoms with Gasteiger partial charge in [-0.15, -0.1) is 0 Å². The van der Waals surface area contributed by atoms with Crippen molar-refractivity contribution in [2.75, 3.05) is 29.5 Å². The fraction of sp³-hybridized carbons (Fsp3) is 0.727. The van der Waals surface area contributed by atoms with E-state index < -0.39 is 10.0 Å². The molecule has 0 atom stereocenters. The molecule has 0 fully saturated rings. The number of hydrogen-bond donors (Lipinski definition) is 3. The summed E-state index contributed by atoms with van der Waals surface area (Å²) >= 11 is 0. The Balaban J connectivity index is 2.79. The number of sulfonamides is 1. The molecule has 0 aliphatic carbocycles. The van der Waals surface area contributed by atoms with Crippen molar-refractivity contribution in [3.63, 3.8) is 0 Å². The van der Waals surface area contributed by atoms with E-state index in [1.54, 1.807) is 0 Å². The van der Waals surface area contributed by atoms with Crippen molar-refractivity contribution in [2.24, 2.45) is 5.14 Å². The first kappa shape index (κ1) is 17.4. The largest absolute Gasteiger partial charge is 0.461 e. The molecule has 120 valence electrons. The van der Waals surface area contributed by atoms with E-state index in [9.17, 15) is 8.42 Å². The molecule has 21 heavy (non-hydrogen) atoms. The Morgan fingerprint density at radius 2 is 1.71 bits per heavy atom. The fourth-order valence-electron chi connectivity index (χ4n) is 1.32. The van der Waals surface area contributed by atoms with Gasteiger partial charge in [0.25, 0.3) is 0 Å². The number of nitrogens with two attached hydrogens (primary N) is 1. The highest BCUT2D eigenvalue weighted by atomic mass is 32.2. The number of nitrogens with one attached hydrogen (secondary N) is 2. The fourth-order valence-corrected chi connectivity index (χ4v) is 1.71. The Labute approximate surface area is 124 Å². The van der Waals surface area contributed by atoms with Gasteiger partial charge in [0.2, 0.25) is 21.9 Å². The lowest BCUT2D eigenvalue weighted by molar-refractivity contribution is 0.222. The maximum absolute atomic E-state index is 10.9. The monoisotopic (exact) mass is 318 g/mol. The zero-order chi connectivity index (χ0) is 15.9. The SMILES string of the molecule is CCCNc1nc(NCCS(N)(=O)=O)nc(OC(C)C)n1. The van der Waals surface area contributed by atoms with Crippen LogP contribution in [0.4, 0.5) is 11.9 Å². The Bertz CT molecular complexity index is 549. The van der Waals surface area contributed by atoms with Gasteiger partial charge >= 0.3 is 6.01 Å². The lowest BCUT2D eigenvalue weighted by atomic mass is 10.5. The zero-order valence-electron chi connectivity index (χ0n) is 12.5. The Morgan fingerprint density at radius 1 is 1.14 bits per heavy atom. The smallest absolute Gasteiger partial charge is 0.323 e. The van der Waals surface area contributed by atoms with E-state index in [0.29, 0.717) is 12.5 Å². The van der Waals surface area contributed by atoms with Gasteiger partial charge in [-0.25, -0.2) is 13.6 Å². The van der Waals surface area contributed by atoms with Gasteiger partial charge < -0.3 is 15.4 Å². The van der Waals surface area contributed by atoms with E-state index in [1.807, 2.05) is 20.8 Å². The van der Waals surface area contributed by atoms with Crippen LogP contribution in [0, 0.1) is 0 Å². The van der Waals surface area contributed by atoms with E-state index in [0.717, 1.165) is 6.42 Å². The molecule has 0 bridgehead atoms. The number of aromatic nitrogens is 3. The standard InChI is InChI=1S/C11H22N6O3S/c1-4-5-13-9-15-10(14-6-7-21(12,18)19)17-11(16-9)20-8(2)3/h8H,4-7H2,1-3H3,(H2,12,18,19)(H2,13,14,15,16,17). The topological polar surface area (TPSA) is 132 Å². The van der Waals surface area contributed by atoms with Crippen molar-refractivity contribution in [3.05, 3.63) is 0 Å². The van der Waals surface area contributed by atoms with E-state index in [4.69, 9.17) is 9.88 Å². The summed E-state index contributed by atoms with van der Waals surface area (Å²) in [6.07, 6.45) is 0.837. The second kappa shape index (κ2) is 7.93. The van der Waals surface area contributed by atoms with Crippen LogP contribution in [-0.4, -0.2) is 48.3 Å². The Kier molecular flexibility index (Phi) is 6.56. The summed E-state index contributed by atoms with van der Waals surface area (Å²) in [5.74, 6) is 0.403. The van der Waals surface area contributed by atoms with Crippen LogP contribution in [0.25, 0.3) is 0 Å². The van der Waals surface area contributed by atoms with Crippen molar-refractivity contribution >= 4 is 21.9 Å². The van der Waals surface area contributed by atoms with Gasteiger partial charge in [-0.3, -0.25) is 0 Å². The number of primary sulfonamides is 1. The molecule has 0 saturated heterocycles. The third kappa shape index (κ3) is 7.61. The third-order valence-corrected chi connectivity index (χ3v) is 2.93. The van der Waals surface area contributed by atoms with Crippen LogP contribution in [0.15, 0.2) is 0 Å². The van der Waals surface area contributed by atoms with Crippen molar-refractivity contribution in [1.82, 2.24) is 15.0 Å². The minimum Gasteiger partial charge on any atom is -0.461 e. The van der Waals surface area contributed by atoms with E-state index in [-0.39, 0.29) is 30.4 Å². The molecule has 1 aromatic rings.